The number of rotatable bonds is 5. The summed E-state index contributed by atoms with van der Waals surface area (Å²) in [6.45, 7) is 3.11. The summed E-state index contributed by atoms with van der Waals surface area (Å²) in [7, 11) is 0. The number of imidazole rings is 1. The quantitative estimate of drug-likeness (QED) is 0.854. The van der Waals surface area contributed by atoms with Crippen molar-refractivity contribution in [3.63, 3.8) is 0 Å². The van der Waals surface area contributed by atoms with E-state index in [4.69, 9.17) is 5.73 Å². The van der Waals surface area contributed by atoms with Crippen LogP contribution in [0.2, 0.25) is 0 Å². The van der Waals surface area contributed by atoms with Gasteiger partial charge in [-0.2, -0.15) is 0 Å². The summed E-state index contributed by atoms with van der Waals surface area (Å²) >= 11 is 0. The summed E-state index contributed by atoms with van der Waals surface area (Å²) in [5.41, 5.74) is 6.49. The molecule has 3 N–H and O–H groups in total. The van der Waals surface area contributed by atoms with Crippen LogP contribution in [0.3, 0.4) is 0 Å². The minimum atomic E-state index is -0.742. The summed E-state index contributed by atoms with van der Waals surface area (Å²) in [6.07, 6.45) is 0.576. The third kappa shape index (κ3) is 2.23. The Morgan fingerprint density at radius 3 is 2.94 bits per heavy atom. The van der Waals surface area contributed by atoms with Gasteiger partial charge in [-0.05, 0) is 31.5 Å². The molecule has 0 fully saturated rings. The predicted octanol–water partition coefficient (Wildman–Crippen LogP) is 1.97. The van der Waals surface area contributed by atoms with Crippen LogP contribution in [0.4, 0.5) is 4.39 Å². The zero-order valence-corrected chi connectivity index (χ0v) is 10.4. The van der Waals surface area contributed by atoms with E-state index in [1.54, 1.807) is 6.07 Å². The zero-order valence-electron chi connectivity index (χ0n) is 10.4. The van der Waals surface area contributed by atoms with Crippen molar-refractivity contribution in [2.24, 2.45) is 5.73 Å². The number of nitrogens with zero attached hydrogens (tertiary/aromatic N) is 2. The van der Waals surface area contributed by atoms with E-state index in [0.717, 1.165) is 11.9 Å². The average Bonchev–Trinajstić information content (AvgIpc) is 2.71. The molecule has 5 heteroatoms. The second-order valence-corrected chi connectivity index (χ2v) is 4.32. The summed E-state index contributed by atoms with van der Waals surface area (Å²) in [6, 6.07) is 4.86. The first-order chi connectivity index (χ1) is 8.69. The monoisotopic (exact) mass is 251 g/mol. The number of aryl methyl sites for hydroxylation is 1. The lowest BCUT2D eigenvalue weighted by atomic mass is 10.2. The Bertz CT molecular complexity index is 538. The summed E-state index contributed by atoms with van der Waals surface area (Å²) < 4.78 is 15.6. The lowest BCUT2D eigenvalue weighted by Gasteiger charge is -2.12. The Balaban J connectivity index is 2.57. The molecule has 0 saturated carbocycles. The molecule has 0 aliphatic heterocycles. The highest BCUT2D eigenvalue weighted by Gasteiger charge is 2.18. The van der Waals surface area contributed by atoms with Crippen LogP contribution in [0.5, 0.6) is 0 Å². The van der Waals surface area contributed by atoms with Crippen molar-refractivity contribution in [2.75, 3.05) is 6.54 Å². The molecule has 1 atom stereocenters. The van der Waals surface area contributed by atoms with E-state index in [1.807, 2.05) is 17.6 Å². The smallest absolute Gasteiger partial charge is 0.151 e. The first-order valence-electron chi connectivity index (χ1n) is 6.21. The molecular weight excluding hydrogens is 233 g/mol. The molecule has 0 bridgehead atoms. The highest BCUT2D eigenvalue weighted by Crippen LogP contribution is 2.24. The molecule has 0 radical (unpaired) electrons. The third-order valence-corrected chi connectivity index (χ3v) is 2.94. The molecule has 0 aliphatic carbocycles. The van der Waals surface area contributed by atoms with Gasteiger partial charge in [-0.1, -0.05) is 13.0 Å². The first kappa shape index (κ1) is 13.0. The number of nitrogens with two attached hydrogens (primary N) is 1. The number of aromatic nitrogens is 2. The molecule has 0 saturated heterocycles. The Morgan fingerprint density at radius 1 is 1.50 bits per heavy atom. The fourth-order valence-electron chi connectivity index (χ4n) is 2.13. The van der Waals surface area contributed by atoms with Crippen LogP contribution in [-0.4, -0.2) is 21.2 Å². The van der Waals surface area contributed by atoms with Crippen molar-refractivity contribution in [3.8, 4) is 0 Å². The van der Waals surface area contributed by atoms with E-state index < -0.39 is 6.10 Å². The molecule has 2 rings (SSSR count). The van der Waals surface area contributed by atoms with Crippen molar-refractivity contribution in [2.45, 2.75) is 32.4 Å². The molecule has 1 heterocycles. The van der Waals surface area contributed by atoms with Crippen LogP contribution in [0.15, 0.2) is 18.2 Å². The second kappa shape index (κ2) is 5.46. The van der Waals surface area contributed by atoms with Gasteiger partial charge in [0.1, 0.15) is 17.4 Å². The van der Waals surface area contributed by atoms with E-state index >= 15 is 0 Å². The number of hydrogen-bond acceptors (Lipinski definition) is 3. The second-order valence-electron chi connectivity index (χ2n) is 4.32. The SMILES string of the molecule is CCCn1c(C(O)CCN)nc2c(F)cccc21. The average molecular weight is 251 g/mol. The zero-order chi connectivity index (χ0) is 13.1. The van der Waals surface area contributed by atoms with Gasteiger partial charge >= 0.3 is 0 Å². The van der Waals surface area contributed by atoms with E-state index in [2.05, 4.69) is 4.98 Å². The van der Waals surface area contributed by atoms with Gasteiger partial charge in [0.05, 0.1) is 5.52 Å². The fraction of sp³-hybridized carbons (Fsp3) is 0.462. The van der Waals surface area contributed by atoms with Crippen molar-refractivity contribution < 1.29 is 9.50 Å². The molecule has 0 aliphatic rings. The highest BCUT2D eigenvalue weighted by molar-refractivity contribution is 5.76. The van der Waals surface area contributed by atoms with E-state index in [0.29, 0.717) is 30.9 Å². The fourth-order valence-corrected chi connectivity index (χ4v) is 2.13. The summed E-state index contributed by atoms with van der Waals surface area (Å²) in [4.78, 5) is 4.23. The molecule has 2 aromatic rings. The molecule has 1 aromatic heterocycles. The molecular formula is C13H18FN3O. The van der Waals surface area contributed by atoms with Crippen molar-refractivity contribution >= 4 is 11.0 Å². The number of aliphatic hydroxyl groups is 1. The minimum Gasteiger partial charge on any atom is -0.385 e. The standard InChI is InChI=1S/C13H18FN3O/c1-2-8-17-10-5-3-4-9(14)12(10)16-13(17)11(18)6-7-15/h3-5,11,18H,2,6-8,15H2,1H3. The lowest BCUT2D eigenvalue weighted by molar-refractivity contribution is 0.156. The topological polar surface area (TPSA) is 64.1 Å². The summed E-state index contributed by atoms with van der Waals surface area (Å²) in [5, 5.41) is 10.0. The van der Waals surface area contributed by atoms with Crippen LogP contribution >= 0.6 is 0 Å². The molecule has 4 nitrogen and oxygen atoms in total. The number of fused-ring (bicyclic) bond motifs is 1. The third-order valence-electron chi connectivity index (χ3n) is 2.94. The maximum Gasteiger partial charge on any atom is 0.151 e. The lowest BCUT2D eigenvalue weighted by Crippen LogP contribution is -2.12. The number of halogens is 1. The van der Waals surface area contributed by atoms with Crippen LogP contribution in [-0.2, 0) is 6.54 Å². The number of benzene rings is 1. The van der Waals surface area contributed by atoms with Crippen LogP contribution in [0.25, 0.3) is 11.0 Å². The molecule has 98 valence electrons. The number of aliphatic hydroxyl groups excluding tert-OH is 1. The number of para-hydroxylation sites is 1. The normalized spacial score (nSPS) is 13.1. The largest absolute Gasteiger partial charge is 0.385 e. The van der Waals surface area contributed by atoms with Gasteiger partial charge in [0.2, 0.25) is 0 Å². The molecule has 0 spiro atoms. The van der Waals surface area contributed by atoms with Gasteiger partial charge in [0, 0.05) is 6.54 Å². The van der Waals surface area contributed by atoms with Gasteiger partial charge in [-0.3, -0.25) is 0 Å². The van der Waals surface area contributed by atoms with Gasteiger partial charge < -0.3 is 15.4 Å². The Hall–Kier alpha value is -1.46. The van der Waals surface area contributed by atoms with E-state index in [9.17, 15) is 9.50 Å². The molecule has 0 amide bonds. The maximum atomic E-state index is 13.7. The van der Waals surface area contributed by atoms with Crippen LogP contribution < -0.4 is 5.73 Å². The maximum absolute atomic E-state index is 13.7. The Labute approximate surface area is 105 Å². The van der Waals surface area contributed by atoms with E-state index in [-0.39, 0.29) is 5.82 Å². The van der Waals surface area contributed by atoms with Gasteiger partial charge in [0.15, 0.2) is 5.82 Å². The van der Waals surface area contributed by atoms with Gasteiger partial charge in [-0.15, -0.1) is 0 Å². The van der Waals surface area contributed by atoms with Crippen LogP contribution in [0.1, 0.15) is 31.7 Å². The first-order valence-corrected chi connectivity index (χ1v) is 6.21. The number of hydrogen-bond donors (Lipinski definition) is 2. The minimum absolute atomic E-state index is 0.317. The van der Waals surface area contributed by atoms with Crippen LogP contribution in [0, 0.1) is 5.82 Å². The predicted molar refractivity (Wildman–Crippen MR) is 68.6 cm³/mol. The van der Waals surface area contributed by atoms with Crippen molar-refractivity contribution in [1.82, 2.24) is 9.55 Å². The van der Waals surface area contributed by atoms with Crippen molar-refractivity contribution in [3.05, 3.63) is 29.8 Å². The van der Waals surface area contributed by atoms with Crippen molar-refractivity contribution in [1.29, 1.82) is 0 Å². The van der Waals surface area contributed by atoms with Gasteiger partial charge in [0.25, 0.3) is 0 Å². The molecule has 1 unspecified atom stereocenters. The Kier molecular flexibility index (Phi) is 3.93. The summed E-state index contributed by atoms with van der Waals surface area (Å²) in [5.74, 6) is 0.144. The Morgan fingerprint density at radius 2 is 2.28 bits per heavy atom. The highest BCUT2D eigenvalue weighted by atomic mass is 19.1. The van der Waals surface area contributed by atoms with E-state index in [1.165, 1.54) is 6.07 Å². The van der Waals surface area contributed by atoms with Gasteiger partial charge in [-0.25, -0.2) is 9.37 Å². The molecule has 18 heavy (non-hydrogen) atoms. The molecule has 1 aromatic carbocycles.